The third-order valence-electron chi connectivity index (χ3n) is 5.49. The van der Waals surface area contributed by atoms with Gasteiger partial charge in [0, 0.05) is 22.2 Å². The fourth-order valence-electron chi connectivity index (χ4n) is 3.91. The number of anilines is 1. The predicted molar refractivity (Wildman–Crippen MR) is 137 cm³/mol. The van der Waals surface area contributed by atoms with E-state index in [1.165, 1.54) is 0 Å². The van der Waals surface area contributed by atoms with Gasteiger partial charge in [-0.1, -0.05) is 18.2 Å². The van der Waals surface area contributed by atoms with Crippen LogP contribution >= 0.6 is 0 Å². The molecule has 0 aliphatic carbocycles. The molecule has 0 spiro atoms. The highest BCUT2D eigenvalue weighted by Gasteiger charge is 2.26. The molecule has 0 saturated heterocycles. The van der Waals surface area contributed by atoms with Gasteiger partial charge >= 0.3 is 0 Å². The van der Waals surface area contributed by atoms with Gasteiger partial charge in [-0.2, -0.15) is 33.7 Å². The number of fused-ring (bicyclic) bond motifs is 2. The van der Waals surface area contributed by atoms with Crippen molar-refractivity contribution in [1.82, 2.24) is 0 Å². The number of nitrogens with two attached hydrogens (primary N) is 1. The van der Waals surface area contributed by atoms with Crippen molar-refractivity contribution in [3.63, 3.8) is 0 Å². The van der Waals surface area contributed by atoms with Crippen LogP contribution in [0.5, 0.6) is 5.75 Å². The molecule has 0 atom stereocenters. The largest absolute Gasteiger partial charge is 0.507 e. The molecule has 0 unspecified atom stereocenters. The second-order valence-corrected chi connectivity index (χ2v) is 13.6. The summed E-state index contributed by atoms with van der Waals surface area (Å²) in [4.78, 5) is -3.61. The van der Waals surface area contributed by atoms with Crippen LogP contribution in [0.15, 0.2) is 78.3 Å². The van der Waals surface area contributed by atoms with Crippen molar-refractivity contribution in [2.75, 3.05) is 5.73 Å². The quantitative estimate of drug-likeness (QED) is 0.101. The van der Waals surface area contributed by atoms with E-state index in [9.17, 15) is 57.0 Å². The maximum Gasteiger partial charge on any atom is 0.297 e. The molecule has 0 aliphatic heterocycles. The van der Waals surface area contributed by atoms with Crippen LogP contribution < -0.4 is 5.73 Å². The average molecular weight is 634 g/mol. The summed E-state index contributed by atoms with van der Waals surface area (Å²) >= 11 is 0. The Labute approximate surface area is 225 Å². The summed E-state index contributed by atoms with van der Waals surface area (Å²) in [7, 11) is -20.1. The van der Waals surface area contributed by atoms with Crippen molar-refractivity contribution < 1.29 is 57.0 Å². The van der Waals surface area contributed by atoms with Crippen LogP contribution in [0.1, 0.15) is 0 Å². The summed E-state index contributed by atoms with van der Waals surface area (Å²) in [5.74, 6) is -0.858. The maximum atomic E-state index is 12.2. The van der Waals surface area contributed by atoms with Gasteiger partial charge in [-0.3, -0.25) is 18.2 Å². The van der Waals surface area contributed by atoms with Crippen LogP contribution in [0.4, 0.5) is 17.1 Å². The molecule has 4 aromatic rings. The molecule has 0 saturated carbocycles. The van der Waals surface area contributed by atoms with Crippen molar-refractivity contribution >= 4 is 79.1 Å². The van der Waals surface area contributed by atoms with Gasteiger partial charge in [0.1, 0.15) is 31.8 Å². The van der Waals surface area contributed by atoms with Gasteiger partial charge in [0.25, 0.3) is 40.5 Å². The minimum Gasteiger partial charge on any atom is -0.507 e. The van der Waals surface area contributed by atoms with Crippen LogP contribution in [0.3, 0.4) is 0 Å². The molecule has 0 radical (unpaired) electrons. The van der Waals surface area contributed by atoms with Crippen LogP contribution in [0.2, 0.25) is 0 Å². The molecule has 212 valence electrons. The summed E-state index contributed by atoms with van der Waals surface area (Å²) in [6, 6.07) is 6.94. The number of phenolic OH excluding ortho intramolecular Hbond substituents is 1. The van der Waals surface area contributed by atoms with E-state index in [-0.39, 0.29) is 16.2 Å². The summed E-state index contributed by atoms with van der Waals surface area (Å²) in [5.41, 5.74) is 3.75. The predicted octanol–water partition coefficient (Wildman–Crippen LogP) is 2.68. The first kappa shape index (κ1) is 29.2. The number of nitrogens with zero attached hydrogens (tertiary/aromatic N) is 2. The number of rotatable bonds is 6. The smallest absolute Gasteiger partial charge is 0.297 e. The zero-order valence-electron chi connectivity index (χ0n) is 19.2. The molecule has 7 N–H and O–H groups in total. The van der Waals surface area contributed by atoms with E-state index in [1.807, 2.05) is 0 Å². The standard InChI is InChI=1S/C20H15N3O13S4/c21-18-17-9(6-10(8-14(17)24)37(25,26)27)7-16(39(31,32)33)19(18)23-22-13-5-4-11-12(20(13)40(34,35)36)2-1-3-15(11)38(28,29)30/h1-8,24H,21H2,(H,25,26,27)(H,28,29,30)(H,31,32,33)(H,34,35,36). The number of hydrogen-bond donors (Lipinski definition) is 6. The Balaban J connectivity index is 2.06. The maximum absolute atomic E-state index is 12.2. The molecule has 0 heterocycles. The van der Waals surface area contributed by atoms with Crippen molar-refractivity contribution in [1.29, 1.82) is 0 Å². The van der Waals surface area contributed by atoms with Gasteiger partial charge in [-0.15, -0.1) is 10.2 Å². The van der Waals surface area contributed by atoms with E-state index in [2.05, 4.69) is 10.2 Å². The van der Waals surface area contributed by atoms with Crippen molar-refractivity contribution in [3.05, 3.63) is 48.5 Å². The Morgan fingerprint density at radius 3 is 1.82 bits per heavy atom. The number of azo groups is 1. The van der Waals surface area contributed by atoms with Gasteiger partial charge < -0.3 is 10.8 Å². The molecule has 0 bridgehead atoms. The Bertz CT molecular complexity index is 2230. The Morgan fingerprint density at radius 1 is 0.650 bits per heavy atom. The molecule has 4 rings (SSSR count). The second-order valence-electron chi connectivity index (χ2n) is 8.04. The minimum absolute atomic E-state index is 0.333. The molecule has 40 heavy (non-hydrogen) atoms. The van der Waals surface area contributed by atoms with Gasteiger partial charge in [-0.05, 0) is 29.7 Å². The number of nitrogen functional groups attached to an aromatic ring is 1. The molecule has 0 amide bonds. The second kappa shape index (κ2) is 9.42. The first-order chi connectivity index (χ1) is 18.2. The Kier molecular flexibility index (Phi) is 6.88. The van der Waals surface area contributed by atoms with E-state index in [0.717, 1.165) is 36.4 Å². The Morgan fingerprint density at radius 2 is 1.27 bits per heavy atom. The summed E-state index contributed by atoms with van der Waals surface area (Å²) < 4.78 is 134. The van der Waals surface area contributed by atoms with Crippen LogP contribution in [0, 0.1) is 0 Å². The topological polar surface area (TPSA) is 288 Å². The lowest BCUT2D eigenvalue weighted by Gasteiger charge is -2.12. The first-order valence-corrected chi connectivity index (χ1v) is 15.9. The van der Waals surface area contributed by atoms with Gasteiger partial charge in [0.2, 0.25) is 0 Å². The Hall–Kier alpha value is -3.76. The SMILES string of the molecule is Nc1c(N=Nc2ccc3c(S(=O)(=O)O)cccc3c2S(=O)(=O)O)c(S(=O)(=O)O)cc2cc(S(=O)(=O)O)cc(O)c12. The minimum atomic E-state index is -5.20. The lowest BCUT2D eigenvalue weighted by atomic mass is 10.1. The van der Waals surface area contributed by atoms with E-state index < -0.39 is 88.3 Å². The average Bonchev–Trinajstić information content (AvgIpc) is 2.79. The van der Waals surface area contributed by atoms with Gasteiger partial charge in [0.15, 0.2) is 0 Å². The van der Waals surface area contributed by atoms with E-state index in [4.69, 9.17) is 5.73 Å². The summed E-state index contributed by atoms with van der Waals surface area (Å²) in [6.07, 6.45) is 0. The van der Waals surface area contributed by atoms with E-state index in [0.29, 0.717) is 12.1 Å². The van der Waals surface area contributed by atoms with Gasteiger partial charge in [-0.25, -0.2) is 0 Å². The van der Waals surface area contributed by atoms with E-state index >= 15 is 0 Å². The number of aromatic hydroxyl groups is 1. The molecular formula is C20H15N3O13S4. The molecule has 0 fully saturated rings. The highest BCUT2D eigenvalue weighted by atomic mass is 32.2. The summed E-state index contributed by atoms with van der Waals surface area (Å²) in [5, 5.41) is 16.0. The van der Waals surface area contributed by atoms with Crippen molar-refractivity contribution in [2.24, 2.45) is 10.2 Å². The molecular weight excluding hydrogens is 618 g/mol. The highest BCUT2D eigenvalue weighted by molar-refractivity contribution is 7.87. The highest BCUT2D eigenvalue weighted by Crippen LogP contribution is 2.44. The first-order valence-electron chi connectivity index (χ1n) is 10.2. The van der Waals surface area contributed by atoms with Crippen LogP contribution in [-0.2, 0) is 40.5 Å². The normalized spacial score (nSPS) is 13.4. The fraction of sp³-hybridized carbons (Fsp3) is 0. The molecule has 0 aromatic heterocycles. The molecule has 20 heteroatoms. The molecule has 4 aromatic carbocycles. The van der Waals surface area contributed by atoms with Crippen molar-refractivity contribution in [2.45, 2.75) is 19.6 Å². The molecule has 0 aliphatic rings. The fourth-order valence-corrected chi connectivity index (χ4v) is 6.65. The third-order valence-corrected chi connectivity index (χ3v) is 9.04. The number of hydrogen-bond acceptors (Lipinski definition) is 12. The third kappa shape index (κ3) is 5.33. The number of phenols is 1. The zero-order valence-corrected chi connectivity index (χ0v) is 22.5. The molecule has 16 nitrogen and oxygen atoms in total. The van der Waals surface area contributed by atoms with Crippen LogP contribution in [-0.4, -0.2) is 57.0 Å². The number of benzene rings is 4. The van der Waals surface area contributed by atoms with E-state index in [1.54, 1.807) is 0 Å². The van der Waals surface area contributed by atoms with Crippen LogP contribution in [0.25, 0.3) is 21.5 Å². The zero-order chi connectivity index (χ0) is 30.0. The monoisotopic (exact) mass is 633 g/mol. The summed E-state index contributed by atoms with van der Waals surface area (Å²) in [6.45, 7) is 0. The lowest BCUT2D eigenvalue weighted by molar-refractivity contribution is 0.471. The van der Waals surface area contributed by atoms with Crippen molar-refractivity contribution in [3.8, 4) is 5.75 Å². The lowest BCUT2D eigenvalue weighted by Crippen LogP contribution is -2.04. The van der Waals surface area contributed by atoms with Gasteiger partial charge in [0.05, 0.1) is 10.6 Å².